The van der Waals surface area contributed by atoms with Crippen molar-refractivity contribution < 1.29 is 21.6 Å². The molecule has 4 rings (SSSR count). The molecule has 11 heteroatoms. The van der Waals surface area contributed by atoms with Crippen molar-refractivity contribution in [1.82, 2.24) is 25.0 Å². The van der Waals surface area contributed by atoms with Gasteiger partial charge in [-0.3, -0.25) is 4.98 Å². The number of alkyl halides is 3. The molecule has 0 spiro atoms. The number of aromatic amines is 1. The van der Waals surface area contributed by atoms with Gasteiger partial charge in [0.1, 0.15) is 16.2 Å². The lowest BCUT2D eigenvalue weighted by Gasteiger charge is -2.23. The van der Waals surface area contributed by atoms with Crippen molar-refractivity contribution in [3.8, 4) is 11.3 Å². The van der Waals surface area contributed by atoms with Gasteiger partial charge in [-0.15, -0.1) is 0 Å². The van der Waals surface area contributed by atoms with Gasteiger partial charge in [0.05, 0.1) is 5.69 Å². The third-order valence-corrected chi connectivity index (χ3v) is 6.33. The van der Waals surface area contributed by atoms with Crippen molar-refractivity contribution in [1.29, 1.82) is 0 Å². The predicted molar refractivity (Wildman–Crippen MR) is 101 cm³/mol. The number of H-pyrrole nitrogens is 1. The highest BCUT2D eigenvalue weighted by molar-refractivity contribution is 7.89. The van der Waals surface area contributed by atoms with Gasteiger partial charge in [-0.25, -0.2) is 18.1 Å². The number of halogens is 3. The topological polar surface area (TPSA) is 99.8 Å². The van der Waals surface area contributed by atoms with Crippen molar-refractivity contribution >= 4 is 21.1 Å². The monoisotopic (exact) mass is 425 g/mol. The molecule has 0 unspecified atom stereocenters. The highest BCUT2D eigenvalue weighted by Crippen LogP contribution is 2.34. The molecular formula is C18H18F3N5O2S. The molecule has 29 heavy (non-hydrogen) atoms. The lowest BCUT2D eigenvalue weighted by atomic mass is 10.1. The van der Waals surface area contributed by atoms with E-state index in [4.69, 9.17) is 0 Å². The zero-order valence-corrected chi connectivity index (χ0v) is 15.9. The Morgan fingerprint density at radius 1 is 1.10 bits per heavy atom. The molecular weight excluding hydrogens is 407 g/mol. The number of hydrogen-bond acceptors (Lipinski definition) is 5. The number of piperidine rings is 1. The first-order chi connectivity index (χ1) is 13.7. The molecule has 0 radical (unpaired) electrons. The van der Waals surface area contributed by atoms with Crippen LogP contribution < -0.4 is 10.0 Å². The number of sulfonamides is 1. The largest absolute Gasteiger partial charge is 0.431 e. The molecule has 0 atom stereocenters. The molecule has 1 aliphatic rings. The standard InChI is InChI=1S/C18H18F3N5O2S/c19-18(20,21)16-9-14-13(5-8-23-17(14)25-16)15-2-1-12(10-24-15)29(27,28)26-11-3-6-22-7-4-11/h1-2,5,8-11,22,26H,3-4,6-7H2,(H,23,25). The molecule has 3 aromatic rings. The van der Waals surface area contributed by atoms with Gasteiger partial charge in [0, 0.05) is 29.4 Å². The zero-order valence-electron chi connectivity index (χ0n) is 15.1. The average molecular weight is 425 g/mol. The number of pyridine rings is 2. The van der Waals surface area contributed by atoms with Crippen LogP contribution in [0.25, 0.3) is 22.3 Å². The van der Waals surface area contributed by atoms with Crippen LogP contribution in [0.5, 0.6) is 0 Å². The number of hydrogen-bond donors (Lipinski definition) is 3. The molecule has 0 aromatic carbocycles. The van der Waals surface area contributed by atoms with E-state index in [1.807, 2.05) is 0 Å². The maximum Gasteiger partial charge on any atom is 0.431 e. The number of nitrogens with one attached hydrogen (secondary N) is 3. The second kappa shape index (κ2) is 7.39. The van der Waals surface area contributed by atoms with Crippen LogP contribution in [0, 0.1) is 0 Å². The van der Waals surface area contributed by atoms with E-state index in [1.54, 1.807) is 6.07 Å². The number of nitrogens with zero attached hydrogens (tertiary/aromatic N) is 2. The fourth-order valence-corrected chi connectivity index (χ4v) is 4.58. The second-order valence-electron chi connectivity index (χ2n) is 6.83. The molecule has 7 nitrogen and oxygen atoms in total. The van der Waals surface area contributed by atoms with Gasteiger partial charge >= 0.3 is 6.18 Å². The molecule has 3 aromatic heterocycles. The first kappa shape index (κ1) is 19.8. The minimum atomic E-state index is -4.52. The summed E-state index contributed by atoms with van der Waals surface area (Å²) in [6.45, 7) is 1.50. The van der Waals surface area contributed by atoms with Crippen LogP contribution in [0.2, 0.25) is 0 Å². The van der Waals surface area contributed by atoms with Gasteiger partial charge < -0.3 is 10.3 Å². The van der Waals surface area contributed by atoms with E-state index in [0.29, 0.717) is 24.1 Å². The summed E-state index contributed by atoms with van der Waals surface area (Å²) in [6.07, 6.45) is -0.533. The van der Waals surface area contributed by atoms with E-state index in [9.17, 15) is 21.6 Å². The quantitative estimate of drug-likeness (QED) is 0.597. The molecule has 1 aliphatic heterocycles. The van der Waals surface area contributed by atoms with Crippen LogP contribution in [0.15, 0.2) is 41.6 Å². The van der Waals surface area contributed by atoms with Gasteiger partial charge in [0.25, 0.3) is 0 Å². The minimum absolute atomic E-state index is 0.00938. The van der Waals surface area contributed by atoms with Crippen molar-refractivity contribution in [2.24, 2.45) is 0 Å². The summed E-state index contributed by atoms with van der Waals surface area (Å²) >= 11 is 0. The normalized spacial score (nSPS) is 16.4. The summed E-state index contributed by atoms with van der Waals surface area (Å²) < 4.78 is 66.8. The third kappa shape index (κ3) is 4.11. The Bertz CT molecular complexity index is 1120. The molecule has 0 amide bonds. The Morgan fingerprint density at radius 3 is 2.52 bits per heavy atom. The predicted octanol–water partition coefficient (Wildman–Crippen LogP) is 2.67. The van der Waals surface area contributed by atoms with Crippen LogP contribution in [-0.4, -0.2) is 42.5 Å². The van der Waals surface area contributed by atoms with Crippen LogP contribution in [0.1, 0.15) is 18.5 Å². The van der Waals surface area contributed by atoms with Crippen LogP contribution in [-0.2, 0) is 16.2 Å². The molecule has 1 saturated heterocycles. The van der Waals surface area contributed by atoms with E-state index in [-0.39, 0.29) is 22.0 Å². The molecule has 0 aliphatic carbocycles. The summed E-state index contributed by atoms with van der Waals surface area (Å²) in [5.41, 5.74) is -0.0401. The fourth-order valence-electron chi connectivity index (χ4n) is 3.33. The van der Waals surface area contributed by atoms with E-state index in [0.717, 1.165) is 19.2 Å². The second-order valence-corrected chi connectivity index (χ2v) is 8.54. The summed E-state index contributed by atoms with van der Waals surface area (Å²) in [5.74, 6) is 0. The van der Waals surface area contributed by atoms with Crippen molar-refractivity contribution in [3.63, 3.8) is 0 Å². The Labute approximate surface area is 164 Å². The number of rotatable bonds is 4. The van der Waals surface area contributed by atoms with Crippen LogP contribution in [0.4, 0.5) is 13.2 Å². The molecule has 0 bridgehead atoms. The first-order valence-electron chi connectivity index (χ1n) is 8.98. The summed E-state index contributed by atoms with van der Waals surface area (Å²) in [6, 6.07) is 5.26. The third-order valence-electron chi connectivity index (χ3n) is 4.82. The van der Waals surface area contributed by atoms with Gasteiger partial charge in [-0.05, 0) is 50.2 Å². The Morgan fingerprint density at radius 2 is 1.86 bits per heavy atom. The first-order valence-corrected chi connectivity index (χ1v) is 10.5. The van der Waals surface area contributed by atoms with Crippen molar-refractivity contribution in [2.75, 3.05) is 13.1 Å². The van der Waals surface area contributed by atoms with E-state index >= 15 is 0 Å². The number of aromatic nitrogens is 3. The van der Waals surface area contributed by atoms with Gasteiger partial charge in [0.2, 0.25) is 10.0 Å². The molecule has 1 fully saturated rings. The van der Waals surface area contributed by atoms with Crippen LogP contribution in [0.3, 0.4) is 0 Å². The zero-order chi connectivity index (χ0) is 20.6. The fraction of sp³-hybridized carbons (Fsp3) is 0.333. The van der Waals surface area contributed by atoms with E-state index in [1.165, 1.54) is 24.5 Å². The highest BCUT2D eigenvalue weighted by Gasteiger charge is 2.33. The van der Waals surface area contributed by atoms with Gasteiger partial charge in [-0.2, -0.15) is 13.2 Å². The van der Waals surface area contributed by atoms with E-state index < -0.39 is 21.9 Å². The van der Waals surface area contributed by atoms with Crippen LogP contribution >= 0.6 is 0 Å². The van der Waals surface area contributed by atoms with Gasteiger partial charge in [-0.1, -0.05) is 0 Å². The molecule has 4 heterocycles. The molecule has 0 saturated carbocycles. The lowest BCUT2D eigenvalue weighted by Crippen LogP contribution is -2.42. The Hall–Kier alpha value is -2.50. The van der Waals surface area contributed by atoms with Gasteiger partial charge in [0.15, 0.2) is 0 Å². The molecule has 154 valence electrons. The SMILES string of the molecule is O=S(=O)(NC1CCNCC1)c1ccc(-c2ccnc3[nH]c(C(F)(F)F)cc23)nc1. The minimum Gasteiger partial charge on any atom is -0.336 e. The Balaban J connectivity index is 1.63. The maximum absolute atomic E-state index is 13.0. The lowest BCUT2D eigenvalue weighted by molar-refractivity contribution is -0.140. The molecule has 3 N–H and O–H groups in total. The number of fused-ring (bicyclic) bond motifs is 1. The average Bonchev–Trinajstić information content (AvgIpc) is 3.13. The smallest absolute Gasteiger partial charge is 0.336 e. The summed E-state index contributed by atoms with van der Waals surface area (Å²) in [4.78, 5) is 10.4. The van der Waals surface area contributed by atoms with Crippen molar-refractivity contribution in [2.45, 2.75) is 30.0 Å². The summed E-state index contributed by atoms with van der Waals surface area (Å²) in [5, 5.41) is 3.43. The highest BCUT2D eigenvalue weighted by atomic mass is 32.2. The Kier molecular flexibility index (Phi) is 5.05. The van der Waals surface area contributed by atoms with E-state index in [2.05, 4.69) is 25.0 Å². The van der Waals surface area contributed by atoms with Crippen molar-refractivity contribution in [3.05, 3.63) is 42.4 Å². The summed E-state index contributed by atoms with van der Waals surface area (Å²) in [7, 11) is -3.72. The maximum atomic E-state index is 13.0.